The quantitative estimate of drug-likeness (QED) is 0.433. The summed E-state index contributed by atoms with van der Waals surface area (Å²) in [6.07, 6.45) is 1.64. The van der Waals surface area contributed by atoms with Crippen molar-refractivity contribution in [2.45, 2.75) is 19.0 Å². The molecule has 2 aromatic carbocycles. The van der Waals surface area contributed by atoms with Gasteiger partial charge in [-0.1, -0.05) is 36.4 Å². The molecule has 0 bridgehead atoms. The summed E-state index contributed by atoms with van der Waals surface area (Å²) in [6, 6.07) is 16.2. The van der Waals surface area contributed by atoms with Crippen molar-refractivity contribution in [3.63, 3.8) is 0 Å². The third-order valence-corrected chi connectivity index (χ3v) is 4.93. The molecule has 4 rings (SSSR count). The molecule has 6 nitrogen and oxygen atoms in total. The van der Waals surface area contributed by atoms with Crippen molar-refractivity contribution in [1.82, 2.24) is 10.6 Å². The molecule has 2 aliphatic rings. The summed E-state index contributed by atoms with van der Waals surface area (Å²) in [6.45, 7) is 4.13. The Bertz CT molecular complexity index is 886. The molecule has 0 radical (unpaired) electrons. The fourth-order valence-electron chi connectivity index (χ4n) is 3.16. The predicted octanol–water partition coefficient (Wildman–Crippen LogP) is 3.92. The molecule has 7 N–H and O–H groups in total. The summed E-state index contributed by atoms with van der Waals surface area (Å²) in [5.41, 5.74) is 18.4. The lowest BCUT2D eigenvalue weighted by Crippen LogP contribution is -2.21. The molecule has 0 fully saturated rings. The van der Waals surface area contributed by atoms with Gasteiger partial charge in [-0.3, -0.25) is 0 Å². The average molecular weight is 463 g/mol. The number of halogens is 3. The fourth-order valence-corrected chi connectivity index (χ4v) is 3.16. The summed E-state index contributed by atoms with van der Waals surface area (Å²) in [5, 5.41) is 13.7. The van der Waals surface area contributed by atoms with E-state index in [9.17, 15) is 13.2 Å². The number of hydrogen-bond donors (Lipinski definition) is 5. The minimum Gasteiger partial charge on any atom is -0.475 e. The zero-order valence-corrected chi connectivity index (χ0v) is 18.2. The second-order valence-electron chi connectivity index (χ2n) is 7.41. The smallest absolute Gasteiger partial charge is 0.475 e. The predicted molar refractivity (Wildman–Crippen MR) is 126 cm³/mol. The van der Waals surface area contributed by atoms with Crippen LogP contribution in [0.3, 0.4) is 0 Å². The van der Waals surface area contributed by atoms with Gasteiger partial charge in [0.15, 0.2) is 0 Å². The van der Waals surface area contributed by atoms with Gasteiger partial charge in [0, 0.05) is 24.5 Å². The van der Waals surface area contributed by atoms with Crippen LogP contribution in [-0.2, 0) is 4.79 Å². The largest absolute Gasteiger partial charge is 0.490 e. The molecule has 2 heterocycles. The number of alkyl halides is 3. The van der Waals surface area contributed by atoms with E-state index in [1.165, 1.54) is 22.3 Å². The van der Waals surface area contributed by atoms with E-state index in [-0.39, 0.29) is 0 Å². The molecule has 9 heteroatoms. The van der Waals surface area contributed by atoms with Gasteiger partial charge in [0.2, 0.25) is 0 Å². The maximum Gasteiger partial charge on any atom is 0.490 e. The zero-order chi connectivity index (χ0) is 24.3. The molecule has 2 aliphatic heterocycles. The second-order valence-corrected chi connectivity index (χ2v) is 7.41. The van der Waals surface area contributed by atoms with Crippen LogP contribution in [0.15, 0.2) is 60.7 Å². The number of nitrogen functional groups attached to an aromatic ring is 2. The molecule has 0 amide bonds. The topological polar surface area (TPSA) is 113 Å². The lowest BCUT2D eigenvalue weighted by Gasteiger charge is -2.14. The van der Waals surface area contributed by atoms with Gasteiger partial charge >= 0.3 is 12.1 Å². The first-order chi connectivity index (χ1) is 15.7. The van der Waals surface area contributed by atoms with E-state index in [4.69, 9.17) is 21.4 Å². The highest BCUT2D eigenvalue weighted by molar-refractivity contribution is 5.73. The van der Waals surface area contributed by atoms with Crippen LogP contribution < -0.4 is 22.1 Å². The number of carboxylic acid groups (broad SMARTS) is 1. The standard InChI is InChI=1S/2C11H14N2.C2HF3O2/c2*12-11-3-1-9(2-4-11)10-5-7-13-8-6-10;3-2(4,5)1(6)7/h2*1-5,13H,6-8,12H2;(H,6,7). The highest BCUT2D eigenvalue weighted by Gasteiger charge is 2.38. The molecule has 0 atom stereocenters. The van der Waals surface area contributed by atoms with Crippen molar-refractivity contribution in [3.05, 3.63) is 71.8 Å². The maximum atomic E-state index is 10.6. The Hall–Kier alpha value is -3.30. The second kappa shape index (κ2) is 12.7. The first-order valence-corrected chi connectivity index (χ1v) is 10.5. The molecular formula is C24H29F3N4O2. The highest BCUT2D eigenvalue weighted by Crippen LogP contribution is 2.21. The van der Waals surface area contributed by atoms with E-state index in [0.29, 0.717) is 0 Å². The number of hydrogen-bond acceptors (Lipinski definition) is 5. The van der Waals surface area contributed by atoms with Gasteiger partial charge in [-0.2, -0.15) is 13.2 Å². The van der Waals surface area contributed by atoms with Crippen LogP contribution >= 0.6 is 0 Å². The third-order valence-electron chi connectivity index (χ3n) is 4.93. The zero-order valence-electron chi connectivity index (χ0n) is 18.2. The summed E-state index contributed by atoms with van der Waals surface area (Å²) in [5.74, 6) is -2.76. The molecule has 178 valence electrons. The molecule has 0 aliphatic carbocycles. The maximum absolute atomic E-state index is 10.6. The lowest BCUT2D eigenvalue weighted by molar-refractivity contribution is -0.192. The molecule has 0 saturated heterocycles. The number of rotatable bonds is 2. The van der Waals surface area contributed by atoms with Gasteiger partial charge in [-0.15, -0.1) is 0 Å². The van der Waals surface area contributed by atoms with Crippen molar-refractivity contribution in [3.8, 4) is 0 Å². The van der Waals surface area contributed by atoms with E-state index >= 15 is 0 Å². The van der Waals surface area contributed by atoms with Crippen LogP contribution in [0, 0.1) is 0 Å². The molecule has 0 spiro atoms. The van der Waals surface area contributed by atoms with Crippen LogP contribution in [0.1, 0.15) is 24.0 Å². The van der Waals surface area contributed by atoms with E-state index in [1.807, 2.05) is 24.3 Å². The first kappa shape index (κ1) is 26.0. The van der Waals surface area contributed by atoms with E-state index in [1.54, 1.807) is 0 Å². The van der Waals surface area contributed by atoms with Gasteiger partial charge in [-0.25, -0.2) is 4.79 Å². The van der Waals surface area contributed by atoms with Crippen molar-refractivity contribution < 1.29 is 23.1 Å². The summed E-state index contributed by atoms with van der Waals surface area (Å²) < 4.78 is 31.7. The molecular weight excluding hydrogens is 433 g/mol. The molecule has 0 unspecified atom stereocenters. The number of nitrogens with two attached hydrogens (primary N) is 2. The van der Waals surface area contributed by atoms with Crippen LogP contribution in [0.2, 0.25) is 0 Å². The van der Waals surface area contributed by atoms with Gasteiger partial charge in [0.25, 0.3) is 0 Å². The van der Waals surface area contributed by atoms with E-state index in [2.05, 4.69) is 47.1 Å². The number of aliphatic carboxylic acids is 1. The molecule has 2 aromatic rings. The van der Waals surface area contributed by atoms with Gasteiger partial charge < -0.3 is 27.2 Å². The number of nitrogens with one attached hydrogen (secondary N) is 2. The number of anilines is 2. The van der Waals surface area contributed by atoms with Crippen LogP contribution in [-0.4, -0.2) is 43.4 Å². The highest BCUT2D eigenvalue weighted by atomic mass is 19.4. The molecule has 0 saturated carbocycles. The Labute approximate surface area is 191 Å². The minimum absolute atomic E-state index is 0.832. The normalized spacial score (nSPS) is 15.6. The first-order valence-electron chi connectivity index (χ1n) is 10.5. The van der Waals surface area contributed by atoms with Crippen LogP contribution in [0.5, 0.6) is 0 Å². The summed E-state index contributed by atoms with van der Waals surface area (Å²) >= 11 is 0. The van der Waals surface area contributed by atoms with Gasteiger partial charge in [0.05, 0.1) is 0 Å². The van der Waals surface area contributed by atoms with Crippen LogP contribution in [0.4, 0.5) is 24.5 Å². The molecule has 0 aromatic heterocycles. The molecule has 33 heavy (non-hydrogen) atoms. The van der Waals surface area contributed by atoms with Gasteiger partial charge in [0.1, 0.15) is 0 Å². The Morgan fingerprint density at radius 1 is 0.758 bits per heavy atom. The number of carbonyl (C=O) groups is 1. The van der Waals surface area contributed by atoms with Crippen molar-refractivity contribution in [1.29, 1.82) is 0 Å². The SMILES string of the molecule is Nc1ccc(C2=CCNCC2)cc1.Nc1ccc(C2=CCNCC2)cc1.O=C(O)C(F)(F)F. The van der Waals surface area contributed by atoms with E-state index < -0.39 is 12.1 Å². The number of benzene rings is 2. The number of carboxylic acids is 1. The minimum atomic E-state index is -5.08. The van der Waals surface area contributed by atoms with Crippen molar-refractivity contribution >= 4 is 28.5 Å². The van der Waals surface area contributed by atoms with Crippen molar-refractivity contribution in [2.75, 3.05) is 37.6 Å². The fraction of sp³-hybridized carbons (Fsp3) is 0.292. The Morgan fingerprint density at radius 3 is 1.33 bits per heavy atom. The van der Waals surface area contributed by atoms with Crippen molar-refractivity contribution in [2.24, 2.45) is 0 Å². The van der Waals surface area contributed by atoms with Crippen LogP contribution in [0.25, 0.3) is 11.1 Å². The monoisotopic (exact) mass is 462 g/mol. The third kappa shape index (κ3) is 9.38. The van der Waals surface area contributed by atoms with E-state index in [0.717, 1.165) is 50.4 Å². The summed E-state index contributed by atoms with van der Waals surface area (Å²) in [4.78, 5) is 8.90. The Balaban J connectivity index is 0.000000185. The summed E-state index contributed by atoms with van der Waals surface area (Å²) in [7, 11) is 0. The van der Waals surface area contributed by atoms with Gasteiger partial charge in [-0.05, 0) is 72.5 Å². The average Bonchev–Trinajstić information content (AvgIpc) is 2.81. The lowest BCUT2D eigenvalue weighted by atomic mass is 10.0. The Kier molecular flexibility index (Phi) is 9.96. The Morgan fingerprint density at radius 2 is 1.09 bits per heavy atom.